The Morgan fingerprint density at radius 1 is 0.895 bits per heavy atom. The number of hydrogen-bond donors (Lipinski definition) is 3. The van der Waals surface area contributed by atoms with Gasteiger partial charge >= 0.3 is 11.9 Å². The van der Waals surface area contributed by atoms with Crippen molar-refractivity contribution in [2.75, 3.05) is 0 Å². The zero-order valence-electron chi connectivity index (χ0n) is 9.57. The number of rotatable bonds is 3. The van der Waals surface area contributed by atoms with Crippen molar-refractivity contribution in [2.24, 2.45) is 0 Å². The highest BCUT2D eigenvalue weighted by molar-refractivity contribution is 5.92. The fourth-order valence-electron chi connectivity index (χ4n) is 1.60. The summed E-state index contributed by atoms with van der Waals surface area (Å²) in [6.45, 7) is 0. The molecule has 1 heterocycles. The number of aromatic nitrogens is 1. The molecule has 3 N–H and O–H groups in total. The van der Waals surface area contributed by atoms with Crippen molar-refractivity contribution >= 4 is 11.9 Å². The molecule has 19 heavy (non-hydrogen) atoms. The molecule has 0 radical (unpaired) electrons. The molecule has 0 amide bonds. The zero-order chi connectivity index (χ0) is 14.0. The summed E-state index contributed by atoms with van der Waals surface area (Å²) >= 11 is 0. The molecule has 0 atom stereocenters. The molecule has 0 aliphatic carbocycles. The van der Waals surface area contributed by atoms with Crippen molar-refractivity contribution in [2.45, 2.75) is 0 Å². The number of benzene rings is 1. The van der Waals surface area contributed by atoms with Gasteiger partial charge in [-0.2, -0.15) is 0 Å². The molecule has 0 aliphatic rings. The summed E-state index contributed by atoms with van der Waals surface area (Å²) in [5.41, 5.74) is 0.143. The summed E-state index contributed by atoms with van der Waals surface area (Å²) in [5.74, 6) is -2.63. The molecule has 0 aliphatic heterocycles. The monoisotopic (exact) mass is 259 g/mol. The number of hydrogen-bond acceptors (Lipinski definition) is 4. The first-order valence-electron chi connectivity index (χ1n) is 5.25. The standard InChI is InChI=1S/C13H9NO5/c15-9-3-1-2-7(4-9)8-5-10(12(16)17)14-11(6-8)13(18)19/h1-6,15H,(H,16,17)(H,18,19). The Morgan fingerprint density at radius 2 is 1.47 bits per heavy atom. The maximum atomic E-state index is 10.9. The van der Waals surface area contributed by atoms with Gasteiger partial charge in [-0.05, 0) is 35.4 Å². The molecule has 0 spiro atoms. The fraction of sp³-hybridized carbons (Fsp3) is 0. The Kier molecular flexibility index (Phi) is 3.15. The Bertz CT molecular complexity index is 634. The second kappa shape index (κ2) is 4.77. The van der Waals surface area contributed by atoms with Crippen LogP contribution < -0.4 is 0 Å². The molecule has 2 aromatic rings. The van der Waals surface area contributed by atoms with Crippen molar-refractivity contribution in [3.63, 3.8) is 0 Å². The third-order valence-corrected chi connectivity index (χ3v) is 2.44. The largest absolute Gasteiger partial charge is 0.508 e. The van der Waals surface area contributed by atoms with Crippen LogP contribution in [-0.4, -0.2) is 32.2 Å². The summed E-state index contributed by atoms with van der Waals surface area (Å²) in [7, 11) is 0. The number of phenolic OH excluding ortho intramolecular Hbond substituents is 1. The van der Waals surface area contributed by atoms with E-state index in [0.29, 0.717) is 11.1 Å². The van der Waals surface area contributed by atoms with Crippen molar-refractivity contribution in [3.8, 4) is 16.9 Å². The van der Waals surface area contributed by atoms with Gasteiger partial charge in [0.25, 0.3) is 0 Å². The highest BCUT2D eigenvalue weighted by atomic mass is 16.4. The van der Waals surface area contributed by atoms with E-state index in [1.54, 1.807) is 12.1 Å². The minimum Gasteiger partial charge on any atom is -0.508 e. The molecule has 96 valence electrons. The topological polar surface area (TPSA) is 108 Å². The molecular weight excluding hydrogens is 250 g/mol. The molecule has 2 rings (SSSR count). The Hall–Kier alpha value is -2.89. The number of phenols is 1. The van der Waals surface area contributed by atoms with E-state index >= 15 is 0 Å². The van der Waals surface area contributed by atoms with Crippen LogP contribution in [0.1, 0.15) is 21.0 Å². The predicted molar refractivity (Wildman–Crippen MR) is 65.3 cm³/mol. The number of pyridine rings is 1. The van der Waals surface area contributed by atoms with Gasteiger partial charge in [0, 0.05) is 0 Å². The minimum absolute atomic E-state index is 0.00284. The second-order valence-electron chi connectivity index (χ2n) is 3.79. The van der Waals surface area contributed by atoms with Gasteiger partial charge in [-0.1, -0.05) is 12.1 Å². The fourth-order valence-corrected chi connectivity index (χ4v) is 1.60. The lowest BCUT2D eigenvalue weighted by Crippen LogP contribution is -2.07. The van der Waals surface area contributed by atoms with Crippen LogP contribution in [0, 0.1) is 0 Å². The summed E-state index contributed by atoms with van der Waals surface area (Å²) in [5, 5.41) is 27.2. The van der Waals surface area contributed by atoms with Crippen LogP contribution in [0.15, 0.2) is 36.4 Å². The quantitative estimate of drug-likeness (QED) is 0.776. The van der Waals surface area contributed by atoms with Gasteiger partial charge in [-0.3, -0.25) is 0 Å². The predicted octanol–water partition coefficient (Wildman–Crippen LogP) is 1.85. The van der Waals surface area contributed by atoms with E-state index in [2.05, 4.69) is 4.98 Å². The van der Waals surface area contributed by atoms with E-state index in [1.807, 2.05) is 0 Å². The SMILES string of the molecule is O=C(O)c1cc(-c2cccc(O)c2)cc(C(=O)O)n1. The Morgan fingerprint density at radius 3 is 1.95 bits per heavy atom. The van der Waals surface area contributed by atoms with E-state index in [-0.39, 0.29) is 17.1 Å². The molecule has 0 saturated carbocycles. The lowest BCUT2D eigenvalue weighted by Gasteiger charge is -2.05. The summed E-state index contributed by atoms with van der Waals surface area (Å²) in [6, 6.07) is 8.58. The van der Waals surface area contributed by atoms with E-state index < -0.39 is 11.9 Å². The molecular formula is C13H9NO5. The average molecular weight is 259 g/mol. The molecule has 0 bridgehead atoms. The maximum absolute atomic E-state index is 10.9. The minimum atomic E-state index is -1.32. The lowest BCUT2D eigenvalue weighted by molar-refractivity contribution is 0.0685. The molecule has 1 aromatic heterocycles. The van der Waals surface area contributed by atoms with Crippen LogP contribution in [0.5, 0.6) is 5.75 Å². The van der Waals surface area contributed by atoms with Gasteiger partial charge in [0.15, 0.2) is 0 Å². The van der Waals surface area contributed by atoms with Crippen molar-refractivity contribution < 1.29 is 24.9 Å². The van der Waals surface area contributed by atoms with Gasteiger partial charge in [-0.25, -0.2) is 14.6 Å². The van der Waals surface area contributed by atoms with Gasteiger partial charge in [0.2, 0.25) is 0 Å². The van der Waals surface area contributed by atoms with E-state index in [4.69, 9.17) is 10.2 Å². The van der Waals surface area contributed by atoms with Crippen LogP contribution in [-0.2, 0) is 0 Å². The lowest BCUT2D eigenvalue weighted by atomic mass is 10.0. The Balaban J connectivity index is 2.62. The first kappa shape index (κ1) is 12.6. The molecule has 1 aromatic carbocycles. The smallest absolute Gasteiger partial charge is 0.354 e. The highest BCUT2D eigenvalue weighted by Crippen LogP contribution is 2.24. The molecule has 0 fully saturated rings. The summed E-state index contributed by atoms with van der Waals surface area (Å²) in [4.78, 5) is 25.4. The van der Waals surface area contributed by atoms with E-state index in [1.165, 1.54) is 24.3 Å². The van der Waals surface area contributed by atoms with Gasteiger partial charge in [0.05, 0.1) is 0 Å². The third kappa shape index (κ3) is 2.68. The first-order valence-corrected chi connectivity index (χ1v) is 5.25. The number of carboxylic acids is 2. The van der Waals surface area contributed by atoms with Crippen LogP contribution >= 0.6 is 0 Å². The summed E-state index contributed by atoms with van der Waals surface area (Å²) in [6.07, 6.45) is 0. The Labute approximate surface area is 107 Å². The van der Waals surface area contributed by atoms with Crippen LogP contribution in [0.2, 0.25) is 0 Å². The maximum Gasteiger partial charge on any atom is 0.354 e. The van der Waals surface area contributed by atoms with Gasteiger partial charge in [0.1, 0.15) is 17.1 Å². The normalized spacial score (nSPS) is 10.1. The number of carboxylic acid groups (broad SMARTS) is 2. The van der Waals surface area contributed by atoms with E-state index in [9.17, 15) is 14.7 Å². The average Bonchev–Trinajstić information content (AvgIpc) is 2.38. The van der Waals surface area contributed by atoms with Crippen molar-refractivity contribution in [1.29, 1.82) is 0 Å². The number of nitrogens with zero attached hydrogens (tertiary/aromatic N) is 1. The van der Waals surface area contributed by atoms with E-state index in [0.717, 1.165) is 0 Å². The molecule has 0 saturated heterocycles. The summed E-state index contributed by atoms with van der Waals surface area (Å²) < 4.78 is 0. The van der Waals surface area contributed by atoms with Crippen LogP contribution in [0.25, 0.3) is 11.1 Å². The number of aromatic hydroxyl groups is 1. The number of aromatic carboxylic acids is 2. The van der Waals surface area contributed by atoms with Crippen molar-refractivity contribution in [3.05, 3.63) is 47.8 Å². The second-order valence-corrected chi connectivity index (χ2v) is 3.79. The highest BCUT2D eigenvalue weighted by Gasteiger charge is 2.14. The third-order valence-electron chi connectivity index (χ3n) is 2.44. The molecule has 0 unspecified atom stereocenters. The van der Waals surface area contributed by atoms with Gasteiger partial charge in [-0.15, -0.1) is 0 Å². The number of carbonyl (C=O) groups is 2. The van der Waals surface area contributed by atoms with Crippen LogP contribution in [0.3, 0.4) is 0 Å². The van der Waals surface area contributed by atoms with Crippen LogP contribution in [0.4, 0.5) is 0 Å². The van der Waals surface area contributed by atoms with Crippen molar-refractivity contribution in [1.82, 2.24) is 4.98 Å². The zero-order valence-corrected chi connectivity index (χ0v) is 9.57. The molecule has 6 nitrogen and oxygen atoms in total. The van der Waals surface area contributed by atoms with Gasteiger partial charge < -0.3 is 15.3 Å². The first-order chi connectivity index (χ1) is 8.97. The molecule has 6 heteroatoms.